The monoisotopic (exact) mass is 196 g/mol. The van der Waals surface area contributed by atoms with E-state index in [1.54, 1.807) is 12.1 Å². The summed E-state index contributed by atoms with van der Waals surface area (Å²) in [5.74, 6) is -0.342. The number of hydrogen-bond acceptors (Lipinski definition) is 4. The molecular weight excluding hydrogens is 180 g/mol. The number of rotatable bonds is 3. The first-order valence-corrected chi connectivity index (χ1v) is 4.60. The predicted molar refractivity (Wildman–Crippen MR) is 55.0 cm³/mol. The standard InChI is InChI=1S/C10H16N2O2/c1-2-7(11)9(12)6-4-3-5-8(13)10(6)14/h3-5,7,9,13-14H,2,11-12H2,1H3. The van der Waals surface area contributed by atoms with Gasteiger partial charge >= 0.3 is 0 Å². The Hall–Kier alpha value is -1.26. The van der Waals surface area contributed by atoms with Crippen molar-refractivity contribution in [3.8, 4) is 11.5 Å². The van der Waals surface area contributed by atoms with Gasteiger partial charge in [0.25, 0.3) is 0 Å². The molecule has 0 spiro atoms. The van der Waals surface area contributed by atoms with E-state index in [-0.39, 0.29) is 17.5 Å². The van der Waals surface area contributed by atoms with Crippen LogP contribution in [-0.2, 0) is 0 Å². The lowest BCUT2D eigenvalue weighted by Crippen LogP contribution is -2.33. The van der Waals surface area contributed by atoms with Crippen LogP contribution in [0.5, 0.6) is 11.5 Å². The molecule has 0 fully saturated rings. The van der Waals surface area contributed by atoms with Gasteiger partial charge in [0.1, 0.15) is 0 Å². The van der Waals surface area contributed by atoms with Crippen LogP contribution < -0.4 is 11.5 Å². The van der Waals surface area contributed by atoms with Gasteiger partial charge in [-0.25, -0.2) is 0 Å². The summed E-state index contributed by atoms with van der Waals surface area (Å²) >= 11 is 0. The summed E-state index contributed by atoms with van der Waals surface area (Å²) in [5.41, 5.74) is 12.1. The van der Waals surface area contributed by atoms with Crippen molar-refractivity contribution in [3.05, 3.63) is 23.8 Å². The Morgan fingerprint density at radius 3 is 2.50 bits per heavy atom. The van der Waals surface area contributed by atoms with Crippen LogP contribution in [0, 0.1) is 0 Å². The van der Waals surface area contributed by atoms with Crippen molar-refractivity contribution in [2.45, 2.75) is 25.4 Å². The second kappa shape index (κ2) is 4.30. The second-order valence-corrected chi connectivity index (χ2v) is 3.31. The summed E-state index contributed by atoms with van der Waals surface area (Å²) in [6.45, 7) is 1.92. The molecule has 14 heavy (non-hydrogen) atoms. The van der Waals surface area contributed by atoms with Crippen molar-refractivity contribution in [2.24, 2.45) is 11.5 Å². The van der Waals surface area contributed by atoms with Crippen molar-refractivity contribution in [3.63, 3.8) is 0 Å². The molecule has 0 aliphatic carbocycles. The van der Waals surface area contributed by atoms with E-state index < -0.39 is 6.04 Å². The molecule has 0 radical (unpaired) electrons. The van der Waals surface area contributed by atoms with Crippen LogP contribution in [-0.4, -0.2) is 16.3 Å². The first-order valence-electron chi connectivity index (χ1n) is 4.60. The van der Waals surface area contributed by atoms with Gasteiger partial charge in [-0.1, -0.05) is 19.1 Å². The molecule has 0 heterocycles. The molecule has 0 aliphatic heterocycles. The van der Waals surface area contributed by atoms with E-state index in [0.717, 1.165) is 6.42 Å². The summed E-state index contributed by atoms with van der Waals surface area (Å²) in [6.07, 6.45) is 0.719. The van der Waals surface area contributed by atoms with Crippen LogP contribution in [0.2, 0.25) is 0 Å². The number of benzene rings is 1. The van der Waals surface area contributed by atoms with E-state index in [4.69, 9.17) is 11.5 Å². The third-order valence-corrected chi connectivity index (χ3v) is 2.34. The minimum absolute atomic E-state index is 0.166. The lowest BCUT2D eigenvalue weighted by Gasteiger charge is -2.19. The summed E-state index contributed by atoms with van der Waals surface area (Å²) in [6, 6.07) is 4.03. The molecule has 1 aromatic rings. The Morgan fingerprint density at radius 1 is 1.29 bits per heavy atom. The molecule has 0 aliphatic rings. The molecule has 0 amide bonds. The van der Waals surface area contributed by atoms with Gasteiger partial charge in [-0.15, -0.1) is 0 Å². The maximum absolute atomic E-state index is 9.53. The zero-order chi connectivity index (χ0) is 10.7. The van der Waals surface area contributed by atoms with Crippen molar-refractivity contribution in [1.29, 1.82) is 0 Å². The fourth-order valence-electron chi connectivity index (χ4n) is 1.30. The highest BCUT2D eigenvalue weighted by Crippen LogP contribution is 2.32. The van der Waals surface area contributed by atoms with Gasteiger partial charge in [0, 0.05) is 17.6 Å². The van der Waals surface area contributed by atoms with E-state index in [1.165, 1.54) is 6.07 Å². The Kier molecular flexibility index (Phi) is 3.33. The van der Waals surface area contributed by atoms with Crippen LogP contribution in [0.25, 0.3) is 0 Å². The average Bonchev–Trinajstić information content (AvgIpc) is 2.20. The first-order chi connectivity index (χ1) is 6.57. The fraction of sp³-hybridized carbons (Fsp3) is 0.400. The van der Waals surface area contributed by atoms with E-state index in [0.29, 0.717) is 5.56 Å². The first kappa shape index (κ1) is 10.8. The SMILES string of the molecule is CCC(N)C(N)c1cccc(O)c1O. The topological polar surface area (TPSA) is 92.5 Å². The number of phenolic OH excluding ortho intramolecular Hbond substituents is 2. The molecular formula is C10H16N2O2. The Morgan fingerprint density at radius 2 is 1.93 bits per heavy atom. The Labute approximate surface area is 83.2 Å². The number of para-hydroxylation sites is 1. The quantitative estimate of drug-likeness (QED) is 0.539. The van der Waals surface area contributed by atoms with Gasteiger partial charge < -0.3 is 21.7 Å². The molecule has 2 unspecified atom stereocenters. The predicted octanol–water partition coefficient (Wildman–Crippen LogP) is 0.835. The summed E-state index contributed by atoms with van der Waals surface area (Å²) in [4.78, 5) is 0. The summed E-state index contributed by atoms with van der Waals surface area (Å²) in [7, 11) is 0. The van der Waals surface area contributed by atoms with E-state index in [1.807, 2.05) is 6.92 Å². The molecule has 0 saturated carbocycles. The van der Waals surface area contributed by atoms with E-state index in [2.05, 4.69) is 0 Å². The highest BCUT2D eigenvalue weighted by Gasteiger charge is 2.18. The van der Waals surface area contributed by atoms with Crippen LogP contribution >= 0.6 is 0 Å². The van der Waals surface area contributed by atoms with E-state index >= 15 is 0 Å². The van der Waals surface area contributed by atoms with Gasteiger partial charge in [-0.3, -0.25) is 0 Å². The van der Waals surface area contributed by atoms with E-state index in [9.17, 15) is 10.2 Å². The van der Waals surface area contributed by atoms with Gasteiger partial charge in [-0.05, 0) is 12.5 Å². The van der Waals surface area contributed by atoms with Crippen LogP contribution in [0.4, 0.5) is 0 Å². The Balaban J connectivity index is 3.01. The molecule has 1 rings (SSSR count). The lowest BCUT2D eigenvalue weighted by molar-refractivity contribution is 0.391. The van der Waals surface area contributed by atoms with Gasteiger partial charge in [0.15, 0.2) is 11.5 Å². The lowest BCUT2D eigenvalue weighted by atomic mass is 9.98. The second-order valence-electron chi connectivity index (χ2n) is 3.31. The van der Waals surface area contributed by atoms with Crippen molar-refractivity contribution in [1.82, 2.24) is 0 Å². The summed E-state index contributed by atoms with van der Waals surface area (Å²) < 4.78 is 0. The van der Waals surface area contributed by atoms with Gasteiger partial charge in [-0.2, -0.15) is 0 Å². The normalized spacial score (nSPS) is 15.1. The largest absolute Gasteiger partial charge is 0.504 e. The maximum atomic E-state index is 9.53. The van der Waals surface area contributed by atoms with Crippen LogP contribution in [0.15, 0.2) is 18.2 Å². The van der Waals surface area contributed by atoms with Crippen molar-refractivity contribution >= 4 is 0 Å². The van der Waals surface area contributed by atoms with Crippen molar-refractivity contribution in [2.75, 3.05) is 0 Å². The maximum Gasteiger partial charge on any atom is 0.162 e. The minimum atomic E-state index is -0.452. The highest BCUT2D eigenvalue weighted by molar-refractivity contribution is 5.46. The molecule has 2 atom stereocenters. The summed E-state index contributed by atoms with van der Waals surface area (Å²) in [5, 5.41) is 18.8. The third kappa shape index (κ3) is 1.97. The molecule has 0 bridgehead atoms. The number of nitrogens with two attached hydrogens (primary N) is 2. The minimum Gasteiger partial charge on any atom is -0.504 e. The molecule has 4 nitrogen and oxygen atoms in total. The molecule has 0 aromatic heterocycles. The smallest absolute Gasteiger partial charge is 0.162 e. The zero-order valence-corrected chi connectivity index (χ0v) is 8.14. The molecule has 6 N–H and O–H groups in total. The molecule has 0 saturated heterocycles. The van der Waals surface area contributed by atoms with Gasteiger partial charge in [0.05, 0.1) is 0 Å². The molecule has 78 valence electrons. The van der Waals surface area contributed by atoms with Crippen LogP contribution in [0.3, 0.4) is 0 Å². The number of phenols is 2. The number of aromatic hydroxyl groups is 2. The fourth-order valence-corrected chi connectivity index (χ4v) is 1.30. The van der Waals surface area contributed by atoms with Gasteiger partial charge in [0.2, 0.25) is 0 Å². The number of hydrogen-bond donors (Lipinski definition) is 4. The highest BCUT2D eigenvalue weighted by atomic mass is 16.3. The average molecular weight is 196 g/mol. The molecule has 4 heteroatoms. The third-order valence-electron chi connectivity index (χ3n) is 2.34. The Bertz CT molecular complexity index is 315. The zero-order valence-electron chi connectivity index (χ0n) is 8.14. The van der Waals surface area contributed by atoms with Crippen LogP contribution in [0.1, 0.15) is 24.9 Å². The van der Waals surface area contributed by atoms with Crippen molar-refractivity contribution < 1.29 is 10.2 Å². The molecule has 1 aromatic carbocycles.